The minimum absolute atomic E-state index is 0.0656. The Bertz CT molecular complexity index is 297. The maximum absolute atomic E-state index is 12.1. The van der Waals surface area contributed by atoms with E-state index >= 15 is 0 Å². The molecule has 1 rings (SSSR count). The van der Waals surface area contributed by atoms with Crippen molar-refractivity contribution in [2.24, 2.45) is 5.41 Å². The summed E-state index contributed by atoms with van der Waals surface area (Å²) in [6.07, 6.45) is 4.06. The van der Waals surface area contributed by atoms with Gasteiger partial charge in [-0.3, -0.25) is 9.59 Å². The lowest BCUT2D eigenvalue weighted by molar-refractivity contribution is -0.156. The van der Waals surface area contributed by atoms with Gasteiger partial charge in [0.1, 0.15) is 0 Å². The second kappa shape index (κ2) is 6.73. The number of likely N-dealkylation sites (N-methyl/N-ethyl adjacent to an activating group) is 1. The van der Waals surface area contributed by atoms with Crippen molar-refractivity contribution in [3.63, 3.8) is 0 Å². The molecule has 0 bridgehead atoms. The minimum Gasteiger partial charge on any atom is -0.481 e. The van der Waals surface area contributed by atoms with E-state index in [0.717, 1.165) is 19.3 Å². The van der Waals surface area contributed by atoms with Crippen LogP contribution in [0.3, 0.4) is 0 Å². The Morgan fingerprint density at radius 2 is 1.83 bits per heavy atom. The summed E-state index contributed by atoms with van der Waals surface area (Å²) in [4.78, 5) is 25.1. The SMILES string of the molecule is CCN(CCO)C(=O)CC1(C(=O)O)CCCCC1. The van der Waals surface area contributed by atoms with E-state index in [9.17, 15) is 14.7 Å². The first-order chi connectivity index (χ1) is 8.55. The monoisotopic (exact) mass is 257 g/mol. The first kappa shape index (κ1) is 15.0. The summed E-state index contributed by atoms with van der Waals surface area (Å²) in [7, 11) is 0. The average Bonchev–Trinajstić information content (AvgIpc) is 2.36. The molecule has 0 spiro atoms. The summed E-state index contributed by atoms with van der Waals surface area (Å²) in [5, 5.41) is 18.3. The zero-order valence-electron chi connectivity index (χ0n) is 11.0. The largest absolute Gasteiger partial charge is 0.481 e. The van der Waals surface area contributed by atoms with Gasteiger partial charge in [-0.25, -0.2) is 0 Å². The van der Waals surface area contributed by atoms with Gasteiger partial charge in [-0.15, -0.1) is 0 Å². The highest BCUT2D eigenvalue weighted by Crippen LogP contribution is 2.40. The Kier molecular flexibility index (Phi) is 5.59. The standard InChI is InChI=1S/C13H23NO4/c1-2-14(8-9-15)11(16)10-13(12(17)18)6-4-3-5-7-13/h15H,2-10H2,1H3,(H,17,18). The zero-order valence-corrected chi connectivity index (χ0v) is 11.0. The molecule has 1 amide bonds. The number of aliphatic hydroxyl groups is 1. The third-order valence-corrected chi connectivity index (χ3v) is 3.86. The molecule has 0 aromatic heterocycles. The fraction of sp³-hybridized carbons (Fsp3) is 0.846. The minimum atomic E-state index is -0.877. The number of nitrogens with zero attached hydrogens (tertiary/aromatic N) is 1. The number of amides is 1. The van der Waals surface area contributed by atoms with Crippen molar-refractivity contribution >= 4 is 11.9 Å². The van der Waals surface area contributed by atoms with Crippen LogP contribution in [0.4, 0.5) is 0 Å². The molecule has 1 saturated carbocycles. The van der Waals surface area contributed by atoms with Crippen LogP contribution < -0.4 is 0 Å². The molecule has 1 aliphatic carbocycles. The van der Waals surface area contributed by atoms with Crippen molar-refractivity contribution in [2.45, 2.75) is 45.4 Å². The van der Waals surface area contributed by atoms with Crippen molar-refractivity contribution in [2.75, 3.05) is 19.7 Å². The molecule has 0 aromatic rings. The van der Waals surface area contributed by atoms with Crippen LogP contribution in [0, 0.1) is 5.41 Å². The third-order valence-electron chi connectivity index (χ3n) is 3.86. The Morgan fingerprint density at radius 1 is 1.22 bits per heavy atom. The lowest BCUT2D eigenvalue weighted by Gasteiger charge is -2.34. The molecule has 0 saturated heterocycles. The van der Waals surface area contributed by atoms with Crippen LogP contribution in [0.2, 0.25) is 0 Å². The molecular formula is C13H23NO4. The first-order valence-electron chi connectivity index (χ1n) is 6.68. The van der Waals surface area contributed by atoms with Gasteiger partial charge < -0.3 is 15.1 Å². The number of aliphatic carboxylic acids is 1. The van der Waals surface area contributed by atoms with Gasteiger partial charge in [-0.2, -0.15) is 0 Å². The van der Waals surface area contributed by atoms with Crippen LogP contribution >= 0.6 is 0 Å². The summed E-state index contributed by atoms with van der Waals surface area (Å²) < 4.78 is 0. The molecule has 0 radical (unpaired) electrons. The highest BCUT2D eigenvalue weighted by atomic mass is 16.4. The molecule has 5 nitrogen and oxygen atoms in total. The van der Waals surface area contributed by atoms with Crippen LogP contribution in [0.25, 0.3) is 0 Å². The second-order valence-corrected chi connectivity index (χ2v) is 5.02. The van der Waals surface area contributed by atoms with E-state index in [4.69, 9.17) is 5.11 Å². The summed E-state index contributed by atoms with van der Waals surface area (Å²) in [6.45, 7) is 2.54. The van der Waals surface area contributed by atoms with Crippen LogP contribution in [0.5, 0.6) is 0 Å². The van der Waals surface area contributed by atoms with Crippen molar-refractivity contribution in [3.8, 4) is 0 Å². The molecule has 0 aromatic carbocycles. The first-order valence-corrected chi connectivity index (χ1v) is 6.68. The molecule has 0 heterocycles. The normalized spacial score (nSPS) is 18.3. The van der Waals surface area contributed by atoms with E-state index in [2.05, 4.69) is 0 Å². The smallest absolute Gasteiger partial charge is 0.310 e. The average molecular weight is 257 g/mol. The number of rotatable bonds is 6. The molecule has 5 heteroatoms. The van der Waals surface area contributed by atoms with Crippen LogP contribution in [-0.4, -0.2) is 46.7 Å². The number of aliphatic hydroxyl groups excluding tert-OH is 1. The lowest BCUT2D eigenvalue weighted by atomic mass is 9.71. The van der Waals surface area contributed by atoms with Crippen molar-refractivity contribution < 1.29 is 19.8 Å². The fourth-order valence-electron chi connectivity index (χ4n) is 2.68. The Hall–Kier alpha value is -1.10. The van der Waals surface area contributed by atoms with Gasteiger partial charge in [0.2, 0.25) is 5.91 Å². The number of carboxylic acid groups (broad SMARTS) is 1. The van der Waals surface area contributed by atoms with Gasteiger partial charge in [0.15, 0.2) is 0 Å². The van der Waals surface area contributed by atoms with Gasteiger partial charge in [-0.1, -0.05) is 19.3 Å². The molecule has 2 N–H and O–H groups in total. The quantitative estimate of drug-likeness (QED) is 0.750. The summed E-state index contributed by atoms with van der Waals surface area (Å²) in [5.74, 6) is -1.01. The highest BCUT2D eigenvalue weighted by molar-refractivity contribution is 5.85. The summed E-state index contributed by atoms with van der Waals surface area (Å²) in [6, 6.07) is 0. The number of hydrogen-bond acceptors (Lipinski definition) is 3. The van der Waals surface area contributed by atoms with E-state index in [1.807, 2.05) is 6.92 Å². The van der Waals surface area contributed by atoms with Crippen molar-refractivity contribution in [3.05, 3.63) is 0 Å². The predicted molar refractivity (Wildman–Crippen MR) is 67.1 cm³/mol. The highest BCUT2D eigenvalue weighted by Gasteiger charge is 2.42. The molecule has 0 atom stereocenters. The molecule has 1 aliphatic rings. The molecule has 1 fully saturated rings. The van der Waals surface area contributed by atoms with Crippen LogP contribution in [-0.2, 0) is 9.59 Å². The molecule has 104 valence electrons. The van der Waals surface area contributed by atoms with Crippen LogP contribution in [0.1, 0.15) is 45.4 Å². The van der Waals surface area contributed by atoms with Crippen molar-refractivity contribution in [1.82, 2.24) is 4.90 Å². The van der Waals surface area contributed by atoms with Gasteiger partial charge in [0, 0.05) is 19.5 Å². The van der Waals surface area contributed by atoms with Gasteiger partial charge in [0.05, 0.1) is 12.0 Å². The number of carbonyl (C=O) groups excluding carboxylic acids is 1. The fourth-order valence-corrected chi connectivity index (χ4v) is 2.68. The van der Waals surface area contributed by atoms with Gasteiger partial charge in [0.25, 0.3) is 0 Å². The molecule has 0 aliphatic heterocycles. The van der Waals surface area contributed by atoms with Crippen molar-refractivity contribution in [1.29, 1.82) is 0 Å². The summed E-state index contributed by atoms with van der Waals surface area (Å²) >= 11 is 0. The van der Waals surface area contributed by atoms with E-state index in [1.54, 1.807) is 0 Å². The number of carboxylic acids is 1. The Balaban J connectivity index is 2.71. The Labute approximate surface area is 108 Å². The molecular weight excluding hydrogens is 234 g/mol. The third kappa shape index (κ3) is 3.45. The maximum atomic E-state index is 12.1. The number of hydrogen-bond donors (Lipinski definition) is 2. The molecule has 0 unspecified atom stereocenters. The zero-order chi connectivity index (χ0) is 13.6. The number of carbonyl (C=O) groups is 2. The lowest BCUT2D eigenvalue weighted by Crippen LogP contribution is -2.41. The maximum Gasteiger partial charge on any atom is 0.310 e. The van der Waals surface area contributed by atoms with Crippen LogP contribution in [0.15, 0.2) is 0 Å². The van der Waals surface area contributed by atoms with E-state index in [0.29, 0.717) is 19.4 Å². The van der Waals surface area contributed by atoms with E-state index in [1.165, 1.54) is 4.90 Å². The predicted octanol–water partition coefficient (Wildman–Crippen LogP) is 1.25. The Morgan fingerprint density at radius 3 is 2.28 bits per heavy atom. The summed E-state index contributed by atoms with van der Waals surface area (Å²) in [5.41, 5.74) is -0.877. The topological polar surface area (TPSA) is 77.8 Å². The van der Waals surface area contributed by atoms with Gasteiger partial charge in [-0.05, 0) is 19.8 Å². The van der Waals surface area contributed by atoms with E-state index < -0.39 is 11.4 Å². The van der Waals surface area contributed by atoms with Gasteiger partial charge >= 0.3 is 5.97 Å². The van der Waals surface area contributed by atoms with E-state index in [-0.39, 0.29) is 25.5 Å². The second-order valence-electron chi connectivity index (χ2n) is 5.02. The molecule has 18 heavy (non-hydrogen) atoms.